The summed E-state index contributed by atoms with van der Waals surface area (Å²) in [5.41, 5.74) is 1.33. The number of rotatable bonds is 10. The van der Waals surface area contributed by atoms with Crippen LogP contribution in [0.4, 0.5) is 0 Å². The summed E-state index contributed by atoms with van der Waals surface area (Å²) < 4.78 is 12.7. The SMILES string of the molecule is COCCOCCCn1cccc1CNC(C)C. The molecule has 0 aromatic carbocycles. The van der Waals surface area contributed by atoms with Crippen molar-refractivity contribution in [3.8, 4) is 0 Å². The predicted molar refractivity (Wildman–Crippen MR) is 73.7 cm³/mol. The number of aromatic nitrogens is 1. The van der Waals surface area contributed by atoms with E-state index in [1.807, 2.05) is 0 Å². The van der Waals surface area contributed by atoms with Crippen molar-refractivity contribution in [3.63, 3.8) is 0 Å². The van der Waals surface area contributed by atoms with Gasteiger partial charge in [0, 0.05) is 44.7 Å². The minimum atomic E-state index is 0.519. The zero-order valence-electron chi connectivity index (χ0n) is 11.8. The van der Waals surface area contributed by atoms with Crippen LogP contribution in [0.3, 0.4) is 0 Å². The van der Waals surface area contributed by atoms with Gasteiger partial charge in [-0.25, -0.2) is 0 Å². The first-order valence-corrected chi connectivity index (χ1v) is 6.68. The molecule has 0 saturated carbocycles. The van der Waals surface area contributed by atoms with Gasteiger partial charge >= 0.3 is 0 Å². The molecule has 1 N–H and O–H groups in total. The van der Waals surface area contributed by atoms with E-state index in [-0.39, 0.29) is 0 Å². The van der Waals surface area contributed by atoms with Crippen molar-refractivity contribution in [1.82, 2.24) is 9.88 Å². The Balaban J connectivity index is 2.19. The van der Waals surface area contributed by atoms with Gasteiger partial charge in [0.2, 0.25) is 0 Å². The minimum absolute atomic E-state index is 0.519. The number of aryl methyl sites for hydroxylation is 1. The van der Waals surface area contributed by atoms with Crippen LogP contribution in [0.2, 0.25) is 0 Å². The molecule has 1 heterocycles. The molecule has 104 valence electrons. The summed E-state index contributed by atoms with van der Waals surface area (Å²) in [6.07, 6.45) is 3.17. The van der Waals surface area contributed by atoms with Crippen LogP contribution >= 0.6 is 0 Å². The lowest BCUT2D eigenvalue weighted by Gasteiger charge is -2.12. The highest BCUT2D eigenvalue weighted by Crippen LogP contribution is 2.04. The van der Waals surface area contributed by atoms with Gasteiger partial charge < -0.3 is 19.4 Å². The third-order valence-corrected chi connectivity index (χ3v) is 2.73. The molecule has 0 unspecified atom stereocenters. The number of hydrogen-bond acceptors (Lipinski definition) is 3. The quantitative estimate of drug-likeness (QED) is 0.649. The highest BCUT2D eigenvalue weighted by molar-refractivity contribution is 5.06. The van der Waals surface area contributed by atoms with Crippen LogP contribution in [-0.4, -0.2) is 37.5 Å². The van der Waals surface area contributed by atoms with E-state index in [1.54, 1.807) is 7.11 Å². The number of nitrogens with zero attached hydrogens (tertiary/aromatic N) is 1. The van der Waals surface area contributed by atoms with Crippen LogP contribution in [0.15, 0.2) is 18.3 Å². The Hall–Kier alpha value is -0.840. The van der Waals surface area contributed by atoms with Crippen molar-refractivity contribution < 1.29 is 9.47 Å². The van der Waals surface area contributed by atoms with Crippen LogP contribution in [0.5, 0.6) is 0 Å². The van der Waals surface area contributed by atoms with Crippen molar-refractivity contribution in [2.75, 3.05) is 26.9 Å². The van der Waals surface area contributed by atoms with Gasteiger partial charge in [0.25, 0.3) is 0 Å². The van der Waals surface area contributed by atoms with Crippen LogP contribution in [0, 0.1) is 0 Å². The topological polar surface area (TPSA) is 35.4 Å². The lowest BCUT2D eigenvalue weighted by atomic mass is 10.3. The van der Waals surface area contributed by atoms with Crippen molar-refractivity contribution in [3.05, 3.63) is 24.0 Å². The first kappa shape index (κ1) is 15.2. The lowest BCUT2D eigenvalue weighted by Crippen LogP contribution is -2.23. The largest absolute Gasteiger partial charge is 0.382 e. The molecule has 0 aliphatic rings. The Morgan fingerprint density at radius 2 is 2.11 bits per heavy atom. The molecule has 0 amide bonds. The van der Waals surface area contributed by atoms with E-state index < -0.39 is 0 Å². The van der Waals surface area contributed by atoms with Gasteiger partial charge in [-0.1, -0.05) is 13.8 Å². The Morgan fingerprint density at radius 1 is 1.28 bits per heavy atom. The van der Waals surface area contributed by atoms with Crippen molar-refractivity contribution in [2.24, 2.45) is 0 Å². The molecule has 1 aromatic heterocycles. The van der Waals surface area contributed by atoms with Gasteiger partial charge in [0.15, 0.2) is 0 Å². The van der Waals surface area contributed by atoms with Gasteiger partial charge in [0.05, 0.1) is 13.2 Å². The van der Waals surface area contributed by atoms with E-state index in [0.717, 1.165) is 26.1 Å². The van der Waals surface area contributed by atoms with Crippen molar-refractivity contribution >= 4 is 0 Å². The summed E-state index contributed by atoms with van der Waals surface area (Å²) in [6.45, 7) is 8.41. The Labute approximate surface area is 110 Å². The Bertz CT molecular complexity index is 310. The molecular formula is C14H26N2O2. The van der Waals surface area contributed by atoms with Gasteiger partial charge in [0.1, 0.15) is 0 Å². The number of nitrogens with one attached hydrogen (secondary N) is 1. The predicted octanol–water partition coefficient (Wildman–Crippen LogP) is 2.04. The zero-order valence-corrected chi connectivity index (χ0v) is 11.8. The zero-order chi connectivity index (χ0) is 13.2. The van der Waals surface area contributed by atoms with E-state index in [9.17, 15) is 0 Å². The Kier molecular flexibility index (Phi) is 7.73. The normalized spacial score (nSPS) is 11.3. The first-order valence-electron chi connectivity index (χ1n) is 6.68. The third kappa shape index (κ3) is 6.19. The fourth-order valence-electron chi connectivity index (χ4n) is 1.72. The highest BCUT2D eigenvalue weighted by atomic mass is 16.5. The smallest absolute Gasteiger partial charge is 0.0700 e. The van der Waals surface area contributed by atoms with Crippen LogP contribution in [0.25, 0.3) is 0 Å². The lowest BCUT2D eigenvalue weighted by molar-refractivity contribution is 0.0679. The maximum absolute atomic E-state index is 5.46. The molecule has 18 heavy (non-hydrogen) atoms. The van der Waals surface area contributed by atoms with Gasteiger partial charge in [-0.2, -0.15) is 0 Å². The summed E-state index contributed by atoms with van der Waals surface area (Å²) in [7, 11) is 1.69. The molecule has 1 aromatic rings. The standard InChI is InChI=1S/C14H26N2O2/c1-13(2)15-12-14-6-4-7-16(14)8-5-9-18-11-10-17-3/h4,6-7,13,15H,5,8-12H2,1-3H3. The van der Waals surface area contributed by atoms with Crippen molar-refractivity contribution in [1.29, 1.82) is 0 Å². The van der Waals surface area contributed by atoms with E-state index in [0.29, 0.717) is 19.3 Å². The molecule has 0 radical (unpaired) electrons. The van der Waals surface area contributed by atoms with Gasteiger partial charge in [-0.15, -0.1) is 0 Å². The molecule has 0 fully saturated rings. The number of ether oxygens (including phenoxy) is 2. The molecule has 4 nitrogen and oxygen atoms in total. The summed E-state index contributed by atoms with van der Waals surface area (Å²) in [5, 5.41) is 3.44. The van der Waals surface area contributed by atoms with Crippen molar-refractivity contribution in [2.45, 2.75) is 39.4 Å². The maximum atomic E-state index is 5.46. The third-order valence-electron chi connectivity index (χ3n) is 2.73. The molecule has 0 atom stereocenters. The first-order chi connectivity index (χ1) is 8.74. The van der Waals surface area contributed by atoms with Crippen LogP contribution in [-0.2, 0) is 22.6 Å². The molecule has 0 saturated heterocycles. The average molecular weight is 254 g/mol. The molecule has 0 aliphatic carbocycles. The van der Waals surface area contributed by atoms with E-state index in [2.05, 4.69) is 42.1 Å². The second-order valence-electron chi connectivity index (χ2n) is 4.69. The average Bonchev–Trinajstić information content (AvgIpc) is 2.78. The highest BCUT2D eigenvalue weighted by Gasteiger charge is 2.01. The molecule has 0 spiro atoms. The molecule has 0 aliphatic heterocycles. The minimum Gasteiger partial charge on any atom is -0.382 e. The molecular weight excluding hydrogens is 228 g/mol. The monoisotopic (exact) mass is 254 g/mol. The Morgan fingerprint density at radius 3 is 2.83 bits per heavy atom. The second-order valence-corrected chi connectivity index (χ2v) is 4.69. The molecule has 0 bridgehead atoms. The number of hydrogen-bond donors (Lipinski definition) is 1. The summed E-state index contributed by atoms with van der Waals surface area (Å²) in [5.74, 6) is 0. The summed E-state index contributed by atoms with van der Waals surface area (Å²) in [4.78, 5) is 0. The van der Waals surface area contributed by atoms with Crippen LogP contribution in [0.1, 0.15) is 26.0 Å². The fraction of sp³-hybridized carbons (Fsp3) is 0.714. The molecule has 1 rings (SSSR count). The van der Waals surface area contributed by atoms with E-state index in [1.165, 1.54) is 5.69 Å². The molecule has 4 heteroatoms. The second kappa shape index (κ2) is 9.14. The van der Waals surface area contributed by atoms with Gasteiger partial charge in [-0.05, 0) is 18.6 Å². The summed E-state index contributed by atoms with van der Waals surface area (Å²) >= 11 is 0. The van der Waals surface area contributed by atoms with Gasteiger partial charge in [-0.3, -0.25) is 0 Å². The van der Waals surface area contributed by atoms with Crippen LogP contribution < -0.4 is 5.32 Å². The summed E-state index contributed by atoms with van der Waals surface area (Å²) in [6, 6.07) is 4.79. The van der Waals surface area contributed by atoms with E-state index >= 15 is 0 Å². The van der Waals surface area contributed by atoms with E-state index in [4.69, 9.17) is 9.47 Å². The fourth-order valence-corrected chi connectivity index (χ4v) is 1.72. The number of methoxy groups -OCH3 is 1. The maximum Gasteiger partial charge on any atom is 0.0700 e.